The fourth-order valence-corrected chi connectivity index (χ4v) is 6.82. The molecule has 4 aromatic rings. The molecule has 1 saturated heterocycles. The van der Waals surface area contributed by atoms with E-state index in [9.17, 15) is 19.1 Å². The highest BCUT2D eigenvalue weighted by Crippen LogP contribution is 2.50. The molecule has 11 nitrogen and oxygen atoms in total. The zero-order chi connectivity index (χ0) is 36.4. The molecular weight excluding hydrogens is 665 g/mol. The smallest absolute Gasteiger partial charge is 0.295 e. The van der Waals surface area contributed by atoms with Crippen molar-refractivity contribution in [2.45, 2.75) is 62.7 Å². The molecule has 2 aromatic carbocycles. The zero-order valence-electron chi connectivity index (χ0n) is 28.1. The van der Waals surface area contributed by atoms with Crippen molar-refractivity contribution in [1.82, 2.24) is 24.6 Å². The summed E-state index contributed by atoms with van der Waals surface area (Å²) >= 11 is 0. The van der Waals surface area contributed by atoms with Crippen LogP contribution >= 0.6 is 0 Å². The molecule has 1 aliphatic carbocycles. The van der Waals surface area contributed by atoms with E-state index in [1.54, 1.807) is 19.4 Å². The van der Waals surface area contributed by atoms with Crippen molar-refractivity contribution in [2.75, 3.05) is 25.9 Å². The molecular formula is C37H37F3N6O5. The lowest BCUT2D eigenvalue weighted by Crippen LogP contribution is -2.65. The Labute approximate surface area is 292 Å². The average molecular weight is 703 g/mol. The van der Waals surface area contributed by atoms with Crippen LogP contribution in [0.1, 0.15) is 48.4 Å². The molecule has 2 aliphatic rings. The standard InChI is InChI=1S/C37H37F3N6O5/c1-24-18-27(44-43-20-24)12-14-35(15-13-29(50-2)19-30(35)25-6-4-3-5-7-25)34(48)45-17-16-36(49,37(39,40)22-45)21-46-23-42-32(31(41)33(46)47)51-28-10-8-26(38)9-11-28/h3-11,18,20,23,29-30,49H,13,15-17,19,21-22,41H2,1-2H3/t29-,30-,35-,36+/m1/s1. The number of anilines is 1. The van der Waals surface area contributed by atoms with Gasteiger partial charge in [0.15, 0.2) is 5.69 Å². The Bertz CT molecular complexity index is 2020. The van der Waals surface area contributed by atoms with Crippen LogP contribution < -0.4 is 16.0 Å². The number of benzene rings is 2. The van der Waals surface area contributed by atoms with E-state index in [2.05, 4.69) is 27.0 Å². The van der Waals surface area contributed by atoms with E-state index in [1.165, 1.54) is 12.1 Å². The van der Waals surface area contributed by atoms with E-state index < -0.39 is 65.3 Å². The quantitative estimate of drug-likeness (QED) is 0.267. The third-order valence-electron chi connectivity index (χ3n) is 9.72. The van der Waals surface area contributed by atoms with Gasteiger partial charge in [-0.25, -0.2) is 18.2 Å². The summed E-state index contributed by atoms with van der Waals surface area (Å²) in [5.41, 5.74) is 2.36. The van der Waals surface area contributed by atoms with E-state index in [0.29, 0.717) is 18.5 Å². The summed E-state index contributed by atoms with van der Waals surface area (Å²) < 4.78 is 57.6. The van der Waals surface area contributed by atoms with Gasteiger partial charge < -0.3 is 25.2 Å². The molecule has 0 unspecified atom stereocenters. The van der Waals surface area contributed by atoms with Crippen LogP contribution in [0.25, 0.3) is 0 Å². The average Bonchev–Trinajstić information content (AvgIpc) is 3.12. The van der Waals surface area contributed by atoms with Crippen molar-refractivity contribution in [3.63, 3.8) is 0 Å². The lowest BCUT2D eigenvalue weighted by molar-refractivity contribution is -0.224. The molecule has 0 bridgehead atoms. The van der Waals surface area contributed by atoms with Crippen LogP contribution in [-0.4, -0.2) is 73.5 Å². The minimum atomic E-state index is -3.86. The van der Waals surface area contributed by atoms with Crippen LogP contribution in [0.15, 0.2) is 78.0 Å². The first-order valence-electron chi connectivity index (χ1n) is 16.4. The van der Waals surface area contributed by atoms with Crippen molar-refractivity contribution in [3.8, 4) is 23.5 Å². The van der Waals surface area contributed by atoms with Crippen molar-refractivity contribution < 1.29 is 32.5 Å². The molecule has 51 heavy (non-hydrogen) atoms. The SMILES string of the molecule is CO[C@@H]1CC[C@@](C#Cc2cc(C)cnn2)(C(=O)N2CC[C@](O)(Cn3cnc(Oc4ccc(F)cc4)c(N)c3=O)C(F)(F)C2)[C@@H](c2ccccc2)C1. The molecule has 1 amide bonds. The molecule has 266 valence electrons. The summed E-state index contributed by atoms with van der Waals surface area (Å²) in [7, 11) is 1.60. The number of piperidine rings is 1. The summed E-state index contributed by atoms with van der Waals surface area (Å²) in [6.45, 7) is -0.372. The Kier molecular flexibility index (Phi) is 9.88. The molecule has 6 rings (SSSR count). The largest absolute Gasteiger partial charge is 0.437 e. The molecule has 0 radical (unpaired) electrons. The minimum absolute atomic E-state index is 0.148. The van der Waals surface area contributed by atoms with Gasteiger partial charge in [-0.3, -0.25) is 14.2 Å². The van der Waals surface area contributed by atoms with E-state index in [-0.39, 0.29) is 30.7 Å². The molecule has 2 fully saturated rings. The van der Waals surface area contributed by atoms with Crippen molar-refractivity contribution in [2.24, 2.45) is 5.41 Å². The fourth-order valence-electron chi connectivity index (χ4n) is 6.82. The van der Waals surface area contributed by atoms with Crippen LogP contribution in [0.3, 0.4) is 0 Å². The Morgan fingerprint density at radius 3 is 2.57 bits per heavy atom. The number of nitrogens with zero attached hydrogens (tertiary/aromatic N) is 5. The third-order valence-corrected chi connectivity index (χ3v) is 9.72. The highest BCUT2D eigenvalue weighted by atomic mass is 19.3. The van der Waals surface area contributed by atoms with Gasteiger partial charge in [-0.2, -0.15) is 5.10 Å². The molecule has 2 aromatic heterocycles. The number of alkyl halides is 2. The van der Waals surface area contributed by atoms with Crippen LogP contribution in [0.4, 0.5) is 18.9 Å². The Balaban J connectivity index is 1.29. The van der Waals surface area contributed by atoms with Crippen molar-refractivity contribution >= 4 is 11.6 Å². The minimum Gasteiger partial charge on any atom is -0.437 e. The second kappa shape index (κ2) is 14.2. The number of rotatable bonds is 7. The predicted octanol–water partition coefficient (Wildman–Crippen LogP) is 4.47. The normalized spacial score (nSPS) is 24.3. The molecule has 14 heteroatoms. The van der Waals surface area contributed by atoms with Gasteiger partial charge in [0, 0.05) is 26.0 Å². The summed E-state index contributed by atoms with van der Waals surface area (Å²) in [4.78, 5) is 32.9. The summed E-state index contributed by atoms with van der Waals surface area (Å²) in [6, 6.07) is 15.9. The first kappa shape index (κ1) is 35.6. The predicted molar refractivity (Wildman–Crippen MR) is 180 cm³/mol. The van der Waals surface area contributed by atoms with E-state index in [1.807, 2.05) is 37.3 Å². The van der Waals surface area contributed by atoms with Gasteiger partial charge in [0.2, 0.25) is 11.8 Å². The number of nitrogen functional groups attached to an aromatic ring is 1. The maximum atomic E-state index is 16.2. The molecule has 3 N–H and O–H groups in total. The number of aryl methyl sites for hydroxylation is 1. The van der Waals surface area contributed by atoms with E-state index >= 15 is 8.78 Å². The summed E-state index contributed by atoms with van der Waals surface area (Å²) in [6.07, 6.45) is 2.90. The van der Waals surface area contributed by atoms with E-state index in [4.69, 9.17) is 15.2 Å². The molecule has 3 heterocycles. The van der Waals surface area contributed by atoms with E-state index in [0.717, 1.165) is 39.1 Å². The lowest BCUT2D eigenvalue weighted by Gasteiger charge is -2.49. The maximum Gasteiger partial charge on any atom is 0.295 e. The van der Waals surface area contributed by atoms with Crippen LogP contribution in [0, 0.1) is 30.0 Å². The number of carbonyl (C=O) groups excluding carboxylic acids is 1. The number of aromatic nitrogens is 4. The number of nitrogens with two attached hydrogens (primary N) is 1. The molecule has 4 atom stereocenters. The first-order chi connectivity index (χ1) is 24.3. The summed E-state index contributed by atoms with van der Waals surface area (Å²) in [5, 5.41) is 19.5. The first-order valence-corrected chi connectivity index (χ1v) is 16.4. The van der Waals surface area contributed by atoms with Crippen LogP contribution in [0.5, 0.6) is 11.6 Å². The third kappa shape index (κ3) is 7.17. The van der Waals surface area contributed by atoms with Gasteiger partial charge in [0.1, 0.15) is 34.6 Å². The molecule has 0 spiro atoms. The number of methoxy groups -OCH3 is 1. The van der Waals surface area contributed by atoms with Crippen molar-refractivity contribution in [3.05, 3.63) is 106 Å². The number of amides is 1. The Morgan fingerprint density at radius 1 is 1.14 bits per heavy atom. The fraction of sp³-hybridized carbons (Fsp3) is 0.378. The van der Waals surface area contributed by atoms with Gasteiger partial charge in [0.05, 0.1) is 25.4 Å². The maximum absolute atomic E-state index is 16.2. The number of likely N-dealkylation sites (tertiary alicyclic amines) is 1. The zero-order valence-corrected chi connectivity index (χ0v) is 28.1. The number of aliphatic hydroxyl groups is 1. The molecule has 1 aliphatic heterocycles. The summed E-state index contributed by atoms with van der Waals surface area (Å²) in [5.74, 6) is 0.591. The number of hydrogen-bond acceptors (Lipinski definition) is 9. The number of halogens is 3. The molecule has 1 saturated carbocycles. The number of carbonyl (C=O) groups is 1. The topological polar surface area (TPSA) is 146 Å². The Hall–Kier alpha value is -5.26. The highest BCUT2D eigenvalue weighted by Gasteiger charge is 2.60. The van der Waals surface area contributed by atoms with Crippen molar-refractivity contribution in [1.29, 1.82) is 0 Å². The number of hydrogen-bond donors (Lipinski definition) is 2. The monoisotopic (exact) mass is 702 g/mol. The van der Waals surface area contributed by atoms with Gasteiger partial charge >= 0.3 is 0 Å². The number of ether oxygens (including phenoxy) is 2. The van der Waals surface area contributed by atoms with Crippen LogP contribution in [-0.2, 0) is 16.1 Å². The van der Waals surface area contributed by atoms with Gasteiger partial charge in [-0.15, -0.1) is 5.10 Å². The van der Waals surface area contributed by atoms with Gasteiger partial charge in [-0.05, 0) is 73.6 Å². The van der Waals surface area contributed by atoms with Gasteiger partial charge in [-0.1, -0.05) is 36.3 Å². The highest BCUT2D eigenvalue weighted by molar-refractivity contribution is 5.88. The Morgan fingerprint density at radius 2 is 1.88 bits per heavy atom. The van der Waals surface area contributed by atoms with Crippen LogP contribution in [0.2, 0.25) is 0 Å². The lowest BCUT2D eigenvalue weighted by atomic mass is 9.62. The second-order valence-corrected chi connectivity index (χ2v) is 13.1. The van der Waals surface area contributed by atoms with Gasteiger partial charge in [0.25, 0.3) is 11.5 Å². The second-order valence-electron chi connectivity index (χ2n) is 13.1.